The number of rotatable bonds is 5. The first kappa shape index (κ1) is 18.3. The Labute approximate surface area is 138 Å². The maximum Gasteiger partial charge on any atom is 0.573 e. The molecular weight excluding hydrogens is 350 g/mol. The molecule has 2 rings (SSSR count). The molecule has 0 N–H and O–H groups in total. The molecule has 10 heteroatoms. The Morgan fingerprint density at radius 2 is 1.80 bits per heavy atom. The van der Waals surface area contributed by atoms with Crippen molar-refractivity contribution < 1.29 is 41.3 Å². The Balaban J connectivity index is 2.38. The lowest BCUT2D eigenvalue weighted by molar-refractivity contribution is -0.274. The van der Waals surface area contributed by atoms with Crippen LogP contribution >= 0.6 is 0 Å². The molecule has 0 amide bonds. The van der Waals surface area contributed by atoms with Gasteiger partial charge in [-0.1, -0.05) is 0 Å². The van der Waals surface area contributed by atoms with Gasteiger partial charge in [-0.05, 0) is 12.1 Å². The van der Waals surface area contributed by atoms with Gasteiger partial charge in [0, 0.05) is 6.07 Å². The second-order valence-electron chi connectivity index (χ2n) is 4.45. The maximum absolute atomic E-state index is 13.8. The summed E-state index contributed by atoms with van der Waals surface area (Å²) in [6, 6.07) is 3.00. The number of nitrogens with zero attached hydrogens (tertiary/aromatic N) is 1. The van der Waals surface area contributed by atoms with E-state index in [-0.39, 0.29) is 17.2 Å². The van der Waals surface area contributed by atoms with Crippen molar-refractivity contribution in [3.63, 3.8) is 0 Å². The van der Waals surface area contributed by atoms with E-state index in [9.17, 15) is 22.4 Å². The molecule has 25 heavy (non-hydrogen) atoms. The summed E-state index contributed by atoms with van der Waals surface area (Å²) in [5, 5.41) is 0. The first-order valence-electron chi connectivity index (χ1n) is 6.58. The molecule has 0 unspecified atom stereocenters. The number of alkyl halides is 3. The quantitative estimate of drug-likeness (QED) is 0.598. The molecule has 0 aliphatic rings. The lowest BCUT2D eigenvalue weighted by atomic mass is 10.2. The Kier molecular flexibility index (Phi) is 5.30. The normalized spacial score (nSPS) is 11.0. The van der Waals surface area contributed by atoms with E-state index < -0.39 is 29.5 Å². The van der Waals surface area contributed by atoms with Crippen LogP contribution in [0.1, 0.15) is 10.4 Å². The number of esters is 1. The average molecular weight is 361 g/mol. The fourth-order valence-electron chi connectivity index (χ4n) is 1.84. The van der Waals surface area contributed by atoms with Crippen LogP contribution < -0.4 is 14.2 Å². The fraction of sp³-hybridized carbons (Fsp3) is 0.200. The first-order chi connectivity index (χ1) is 11.7. The van der Waals surface area contributed by atoms with E-state index in [2.05, 4.69) is 14.5 Å². The molecule has 0 aliphatic carbocycles. The minimum absolute atomic E-state index is 0.0884. The predicted molar refractivity (Wildman–Crippen MR) is 75.3 cm³/mol. The van der Waals surface area contributed by atoms with Crippen molar-refractivity contribution in [1.82, 2.24) is 4.98 Å². The van der Waals surface area contributed by atoms with E-state index in [1.165, 1.54) is 7.11 Å². The summed E-state index contributed by atoms with van der Waals surface area (Å²) in [7, 11) is 2.24. The molecule has 134 valence electrons. The lowest BCUT2D eigenvalue weighted by Gasteiger charge is -2.14. The van der Waals surface area contributed by atoms with Crippen LogP contribution in [0.5, 0.6) is 23.0 Å². The molecule has 0 saturated carbocycles. The smallest absolute Gasteiger partial charge is 0.493 e. The van der Waals surface area contributed by atoms with Crippen molar-refractivity contribution in [2.24, 2.45) is 0 Å². The standard InChI is InChI=1S/C15H11F4NO5/c1-22-11-5-8(25-15(17,18)19)3-4-10(11)24-12-7-20-6-9(16)13(12)14(21)23-2/h3-7H,1-2H3. The highest BCUT2D eigenvalue weighted by Gasteiger charge is 2.31. The van der Waals surface area contributed by atoms with Crippen LogP contribution in [0.2, 0.25) is 0 Å². The number of carbonyl (C=O) groups is 1. The minimum Gasteiger partial charge on any atom is -0.493 e. The van der Waals surface area contributed by atoms with E-state index >= 15 is 0 Å². The fourth-order valence-corrected chi connectivity index (χ4v) is 1.84. The zero-order valence-corrected chi connectivity index (χ0v) is 12.9. The lowest BCUT2D eigenvalue weighted by Crippen LogP contribution is -2.17. The van der Waals surface area contributed by atoms with E-state index in [1.807, 2.05) is 0 Å². The highest BCUT2D eigenvalue weighted by molar-refractivity contribution is 5.92. The van der Waals surface area contributed by atoms with Crippen LogP contribution in [-0.4, -0.2) is 31.5 Å². The third-order valence-corrected chi connectivity index (χ3v) is 2.84. The highest BCUT2D eigenvalue weighted by Crippen LogP contribution is 2.37. The summed E-state index contributed by atoms with van der Waals surface area (Å²) in [4.78, 5) is 15.2. The molecule has 0 saturated heterocycles. The van der Waals surface area contributed by atoms with E-state index in [1.54, 1.807) is 0 Å². The van der Waals surface area contributed by atoms with Gasteiger partial charge in [-0.25, -0.2) is 9.18 Å². The van der Waals surface area contributed by atoms with Crippen LogP contribution in [-0.2, 0) is 4.74 Å². The zero-order chi connectivity index (χ0) is 18.6. The molecule has 0 atom stereocenters. The molecule has 1 heterocycles. The molecule has 1 aromatic carbocycles. The molecule has 0 bridgehead atoms. The van der Waals surface area contributed by atoms with Crippen molar-refractivity contribution in [1.29, 1.82) is 0 Å². The number of aromatic nitrogens is 1. The number of methoxy groups -OCH3 is 2. The molecule has 0 fully saturated rings. The van der Waals surface area contributed by atoms with Crippen LogP contribution in [0.25, 0.3) is 0 Å². The Morgan fingerprint density at radius 3 is 2.40 bits per heavy atom. The molecule has 2 aromatic rings. The molecule has 0 aliphatic heterocycles. The number of hydrogen-bond donors (Lipinski definition) is 0. The Bertz CT molecular complexity index is 779. The summed E-state index contributed by atoms with van der Waals surface area (Å²) < 4.78 is 69.1. The van der Waals surface area contributed by atoms with Crippen LogP contribution in [0.3, 0.4) is 0 Å². The van der Waals surface area contributed by atoms with Gasteiger partial charge in [-0.3, -0.25) is 4.98 Å². The molecule has 1 aromatic heterocycles. The number of pyridine rings is 1. The third kappa shape index (κ3) is 4.49. The van der Waals surface area contributed by atoms with Crippen molar-refractivity contribution in [2.45, 2.75) is 6.36 Å². The van der Waals surface area contributed by atoms with Crippen molar-refractivity contribution in [3.8, 4) is 23.0 Å². The van der Waals surface area contributed by atoms with Gasteiger partial charge in [0.05, 0.1) is 26.6 Å². The second-order valence-corrected chi connectivity index (χ2v) is 4.45. The number of benzene rings is 1. The molecule has 0 radical (unpaired) electrons. The first-order valence-corrected chi connectivity index (χ1v) is 6.58. The Hall–Kier alpha value is -3.04. The maximum atomic E-state index is 13.8. The zero-order valence-electron chi connectivity index (χ0n) is 12.9. The van der Waals surface area contributed by atoms with Gasteiger partial charge in [-0.15, -0.1) is 13.2 Å². The van der Waals surface area contributed by atoms with Gasteiger partial charge in [-0.2, -0.15) is 0 Å². The van der Waals surface area contributed by atoms with Crippen molar-refractivity contribution in [2.75, 3.05) is 14.2 Å². The second kappa shape index (κ2) is 7.24. The summed E-state index contributed by atoms with van der Waals surface area (Å²) in [6.07, 6.45) is -3.04. The van der Waals surface area contributed by atoms with Gasteiger partial charge in [0.1, 0.15) is 11.3 Å². The number of ether oxygens (including phenoxy) is 4. The monoisotopic (exact) mass is 361 g/mol. The molecular formula is C15H11F4NO5. The van der Waals surface area contributed by atoms with Crippen LogP contribution in [0.15, 0.2) is 30.6 Å². The van der Waals surface area contributed by atoms with Crippen molar-refractivity contribution >= 4 is 5.97 Å². The molecule has 6 nitrogen and oxygen atoms in total. The van der Waals surface area contributed by atoms with Gasteiger partial charge >= 0.3 is 12.3 Å². The third-order valence-electron chi connectivity index (χ3n) is 2.84. The predicted octanol–water partition coefficient (Wildman–Crippen LogP) is 3.71. The Morgan fingerprint density at radius 1 is 1.08 bits per heavy atom. The summed E-state index contributed by atoms with van der Waals surface area (Å²) >= 11 is 0. The van der Waals surface area contributed by atoms with Gasteiger partial charge < -0.3 is 18.9 Å². The van der Waals surface area contributed by atoms with Crippen LogP contribution in [0, 0.1) is 5.82 Å². The summed E-state index contributed by atoms with van der Waals surface area (Å²) in [6.45, 7) is 0. The van der Waals surface area contributed by atoms with E-state index in [0.717, 1.165) is 37.7 Å². The number of halogens is 4. The van der Waals surface area contributed by atoms with E-state index in [4.69, 9.17) is 9.47 Å². The van der Waals surface area contributed by atoms with Gasteiger partial charge in [0.2, 0.25) is 0 Å². The highest BCUT2D eigenvalue weighted by atomic mass is 19.4. The largest absolute Gasteiger partial charge is 0.573 e. The average Bonchev–Trinajstić information content (AvgIpc) is 2.54. The molecule has 0 spiro atoms. The van der Waals surface area contributed by atoms with Gasteiger partial charge in [0.15, 0.2) is 23.1 Å². The number of carbonyl (C=O) groups excluding carboxylic acids is 1. The SMILES string of the molecule is COC(=O)c1c(F)cncc1Oc1ccc(OC(F)(F)F)cc1OC. The van der Waals surface area contributed by atoms with Crippen molar-refractivity contribution in [3.05, 3.63) is 42.0 Å². The summed E-state index contributed by atoms with van der Waals surface area (Å²) in [5.41, 5.74) is -0.518. The number of hydrogen-bond acceptors (Lipinski definition) is 6. The topological polar surface area (TPSA) is 66.9 Å². The minimum atomic E-state index is -4.88. The summed E-state index contributed by atoms with van der Waals surface area (Å²) in [5.74, 6) is -3.06. The van der Waals surface area contributed by atoms with Gasteiger partial charge in [0.25, 0.3) is 0 Å². The van der Waals surface area contributed by atoms with Crippen LogP contribution in [0.4, 0.5) is 17.6 Å². The van der Waals surface area contributed by atoms with E-state index in [0.29, 0.717) is 0 Å².